The van der Waals surface area contributed by atoms with Crippen molar-refractivity contribution in [1.82, 2.24) is 0 Å². The van der Waals surface area contributed by atoms with Crippen LogP contribution in [0.15, 0.2) is 29.2 Å². The van der Waals surface area contributed by atoms with Crippen LogP contribution >= 0.6 is 11.8 Å². The van der Waals surface area contributed by atoms with Gasteiger partial charge in [-0.2, -0.15) is 5.26 Å². The van der Waals surface area contributed by atoms with E-state index in [2.05, 4.69) is 18.2 Å². The number of thioether (sulfide) groups is 1. The van der Waals surface area contributed by atoms with Crippen LogP contribution in [0.5, 0.6) is 0 Å². The first-order valence-electron chi connectivity index (χ1n) is 4.17. The predicted octanol–water partition coefficient (Wildman–Crippen LogP) is 2.12. The normalized spacial score (nSPS) is 20.6. The fourth-order valence-electron chi connectivity index (χ4n) is 1.44. The van der Waals surface area contributed by atoms with Gasteiger partial charge in [-0.15, -0.1) is 11.8 Å². The minimum absolute atomic E-state index is 0.0138. The van der Waals surface area contributed by atoms with Crippen molar-refractivity contribution in [1.29, 1.82) is 5.26 Å². The highest BCUT2D eigenvalue weighted by Gasteiger charge is 2.22. The minimum atomic E-state index is 0.0138. The predicted molar refractivity (Wildman–Crippen MR) is 55.0 cm³/mol. The summed E-state index contributed by atoms with van der Waals surface area (Å²) in [5.41, 5.74) is 1.17. The molecule has 2 nitrogen and oxygen atoms in total. The van der Waals surface area contributed by atoms with Gasteiger partial charge < -0.3 is 4.90 Å². The third-order valence-corrected chi connectivity index (χ3v) is 3.40. The van der Waals surface area contributed by atoms with Crippen LogP contribution in [0.3, 0.4) is 0 Å². The summed E-state index contributed by atoms with van der Waals surface area (Å²) in [6.45, 7) is 0. The van der Waals surface area contributed by atoms with Gasteiger partial charge in [0.15, 0.2) is 0 Å². The molecule has 1 aromatic rings. The number of para-hydroxylation sites is 1. The molecule has 0 saturated carbocycles. The van der Waals surface area contributed by atoms with Crippen LogP contribution in [-0.2, 0) is 0 Å². The number of hydrogen-bond acceptors (Lipinski definition) is 3. The Hall–Kier alpha value is -1.14. The van der Waals surface area contributed by atoms with E-state index in [1.165, 1.54) is 10.6 Å². The Morgan fingerprint density at radius 3 is 3.08 bits per heavy atom. The monoisotopic (exact) mass is 190 g/mol. The molecule has 1 heterocycles. The standard InChI is InChI=1S/C10H10N2S/c1-12-8(6-11)7-13-10-5-3-2-4-9(10)12/h2-5,8H,7H2,1H3. The molecular formula is C10H10N2S. The van der Waals surface area contributed by atoms with Gasteiger partial charge >= 0.3 is 0 Å². The SMILES string of the molecule is CN1c2ccccc2SCC1C#N. The summed E-state index contributed by atoms with van der Waals surface area (Å²) in [5, 5.41) is 8.88. The Morgan fingerprint density at radius 1 is 1.54 bits per heavy atom. The van der Waals surface area contributed by atoms with Gasteiger partial charge in [-0.05, 0) is 12.1 Å². The summed E-state index contributed by atoms with van der Waals surface area (Å²) < 4.78 is 0. The molecule has 1 aromatic carbocycles. The van der Waals surface area contributed by atoms with Crippen molar-refractivity contribution < 1.29 is 0 Å². The molecule has 0 bridgehead atoms. The summed E-state index contributed by atoms with van der Waals surface area (Å²) in [6, 6.07) is 10.5. The second kappa shape index (κ2) is 3.31. The number of benzene rings is 1. The van der Waals surface area contributed by atoms with Crippen molar-refractivity contribution in [3.8, 4) is 6.07 Å². The molecule has 0 N–H and O–H groups in total. The molecule has 1 unspecified atom stereocenters. The topological polar surface area (TPSA) is 27.0 Å². The minimum Gasteiger partial charge on any atom is -0.357 e. The van der Waals surface area contributed by atoms with Crippen LogP contribution in [0.4, 0.5) is 5.69 Å². The lowest BCUT2D eigenvalue weighted by Gasteiger charge is -2.31. The first-order chi connectivity index (χ1) is 6.33. The second-order valence-electron chi connectivity index (χ2n) is 3.03. The smallest absolute Gasteiger partial charge is 0.126 e. The van der Waals surface area contributed by atoms with Crippen LogP contribution in [-0.4, -0.2) is 18.8 Å². The molecule has 66 valence electrons. The molecule has 1 atom stereocenters. The largest absolute Gasteiger partial charge is 0.357 e. The molecule has 0 radical (unpaired) electrons. The fraction of sp³-hybridized carbons (Fsp3) is 0.300. The van der Waals surface area contributed by atoms with Gasteiger partial charge in [0.25, 0.3) is 0 Å². The maximum absolute atomic E-state index is 8.88. The lowest BCUT2D eigenvalue weighted by Crippen LogP contribution is -2.35. The van der Waals surface area contributed by atoms with E-state index >= 15 is 0 Å². The zero-order chi connectivity index (χ0) is 9.26. The van der Waals surface area contributed by atoms with E-state index in [-0.39, 0.29) is 6.04 Å². The van der Waals surface area contributed by atoms with Crippen molar-refractivity contribution in [2.24, 2.45) is 0 Å². The van der Waals surface area contributed by atoms with Crippen molar-refractivity contribution in [2.75, 3.05) is 17.7 Å². The molecular weight excluding hydrogens is 180 g/mol. The quantitative estimate of drug-likeness (QED) is 0.627. The molecule has 0 aromatic heterocycles. The second-order valence-corrected chi connectivity index (χ2v) is 4.10. The Kier molecular flexibility index (Phi) is 2.15. The number of nitrogens with zero attached hydrogens (tertiary/aromatic N) is 2. The number of anilines is 1. The number of hydrogen-bond donors (Lipinski definition) is 0. The number of fused-ring (bicyclic) bond motifs is 1. The van der Waals surface area contributed by atoms with Crippen molar-refractivity contribution in [3.63, 3.8) is 0 Å². The summed E-state index contributed by atoms with van der Waals surface area (Å²) in [4.78, 5) is 3.32. The maximum Gasteiger partial charge on any atom is 0.126 e. The van der Waals surface area contributed by atoms with Crippen LogP contribution in [0.25, 0.3) is 0 Å². The van der Waals surface area contributed by atoms with Crippen molar-refractivity contribution >= 4 is 17.4 Å². The van der Waals surface area contributed by atoms with E-state index in [9.17, 15) is 0 Å². The van der Waals surface area contributed by atoms with E-state index in [0.29, 0.717) is 0 Å². The van der Waals surface area contributed by atoms with Gasteiger partial charge in [-0.1, -0.05) is 12.1 Å². The van der Waals surface area contributed by atoms with Gasteiger partial charge in [-0.3, -0.25) is 0 Å². The maximum atomic E-state index is 8.88. The summed E-state index contributed by atoms with van der Waals surface area (Å²) in [7, 11) is 1.98. The van der Waals surface area contributed by atoms with E-state index in [0.717, 1.165) is 5.75 Å². The van der Waals surface area contributed by atoms with Gasteiger partial charge in [0, 0.05) is 17.7 Å². The molecule has 0 amide bonds. The molecule has 2 rings (SSSR count). The molecule has 13 heavy (non-hydrogen) atoms. The summed E-state index contributed by atoms with van der Waals surface area (Å²) in [6.07, 6.45) is 0. The van der Waals surface area contributed by atoms with E-state index in [1.807, 2.05) is 24.1 Å². The van der Waals surface area contributed by atoms with Crippen LogP contribution < -0.4 is 4.90 Å². The molecule has 1 aliphatic heterocycles. The molecule has 0 saturated heterocycles. The van der Waals surface area contributed by atoms with Gasteiger partial charge in [0.05, 0.1) is 11.8 Å². The van der Waals surface area contributed by atoms with Gasteiger partial charge in [0.2, 0.25) is 0 Å². The Balaban J connectivity index is 2.40. The Bertz CT molecular complexity index is 356. The fourth-order valence-corrected chi connectivity index (χ4v) is 2.61. The molecule has 0 aliphatic carbocycles. The van der Waals surface area contributed by atoms with Gasteiger partial charge in [-0.25, -0.2) is 0 Å². The van der Waals surface area contributed by atoms with E-state index in [4.69, 9.17) is 5.26 Å². The molecule has 1 aliphatic rings. The zero-order valence-corrected chi connectivity index (χ0v) is 8.21. The average Bonchev–Trinajstić information content (AvgIpc) is 2.19. The highest BCUT2D eigenvalue weighted by molar-refractivity contribution is 7.99. The lowest BCUT2D eigenvalue weighted by molar-refractivity contribution is 0.823. The third kappa shape index (κ3) is 1.38. The highest BCUT2D eigenvalue weighted by Crippen LogP contribution is 2.35. The number of rotatable bonds is 0. The zero-order valence-electron chi connectivity index (χ0n) is 7.40. The van der Waals surface area contributed by atoms with Crippen LogP contribution in [0.1, 0.15) is 0 Å². The molecule has 0 spiro atoms. The molecule has 3 heteroatoms. The Labute approximate surface area is 82.2 Å². The van der Waals surface area contributed by atoms with Gasteiger partial charge in [0.1, 0.15) is 6.04 Å². The van der Waals surface area contributed by atoms with Crippen molar-refractivity contribution in [3.05, 3.63) is 24.3 Å². The van der Waals surface area contributed by atoms with E-state index in [1.54, 1.807) is 11.8 Å². The highest BCUT2D eigenvalue weighted by atomic mass is 32.2. The average molecular weight is 190 g/mol. The first-order valence-corrected chi connectivity index (χ1v) is 5.16. The third-order valence-electron chi connectivity index (χ3n) is 2.26. The lowest BCUT2D eigenvalue weighted by atomic mass is 10.2. The van der Waals surface area contributed by atoms with Crippen LogP contribution in [0.2, 0.25) is 0 Å². The van der Waals surface area contributed by atoms with Crippen molar-refractivity contribution in [2.45, 2.75) is 10.9 Å². The summed E-state index contributed by atoms with van der Waals surface area (Å²) in [5.74, 6) is 0.865. The first kappa shape index (κ1) is 8.46. The molecule has 0 fully saturated rings. The van der Waals surface area contributed by atoms with E-state index < -0.39 is 0 Å². The number of nitriles is 1. The summed E-state index contributed by atoms with van der Waals surface area (Å²) >= 11 is 1.76. The Morgan fingerprint density at radius 2 is 2.31 bits per heavy atom. The van der Waals surface area contributed by atoms with Crippen LogP contribution in [0, 0.1) is 11.3 Å².